The van der Waals surface area contributed by atoms with Gasteiger partial charge in [-0.05, 0) is 35.8 Å². The van der Waals surface area contributed by atoms with Crippen LogP contribution in [-0.2, 0) is 6.18 Å². The van der Waals surface area contributed by atoms with Crippen LogP contribution >= 0.6 is 0 Å². The minimum absolute atomic E-state index is 0.157. The number of rotatable bonds is 4. The van der Waals surface area contributed by atoms with E-state index in [2.05, 4.69) is 20.8 Å². The molecule has 0 aliphatic heterocycles. The summed E-state index contributed by atoms with van der Waals surface area (Å²) in [6.45, 7) is 8.43. The molecule has 18 heavy (non-hydrogen) atoms. The van der Waals surface area contributed by atoms with Gasteiger partial charge in [-0.3, -0.25) is 0 Å². The molecular formula is C15H21F3. The van der Waals surface area contributed by atoms with Gasteiger partial charge in [0.25, 0.3) is 0 Å². The number of benzene rings is 1. The molecule has 1 aromatic rings. The molecule has 0 aliphatic rings. The summed E-state index contributed by atoms with van der Waals surface area (Å²) in [5, 5.41) is 0. The second-order valence-electron chi connectivity index (χ2n) is 5.48. The van der Waals surface area contributed by atoms with E-state index >= 15 is 0 Å². The Labute approximate surface area is 107 Å². The molecule has 0 N–H and O–H groups in total. The molecule has 0 heterocycles. The average molecular weight is 258 g/mol. The van der Waals surface area contributed by atoms with Gasteiger partial charge in [0.05, 0.1) is 5.56 Å². The lowest BCUT2D eigenvalue weighted by Gasteiger charge is -2.21. The number of halogens is 3. The highest BCUT2D eigenvalue weighted by Crippen LogP contribution is 2.33. The maximum absolute atomic E-state index is 12.6. The van der Waals surface area contributed by atoms with Crippen LogP contribution in [0.2, 0.25) is 0 Å². The van der Waals surface area contributed by atoms with Crippen LogP contribution in [0.4, 0.5) is 13.2 Å². The van der Waals surface area contributed by atoms with E-state index in [1.165, 1.54) is 12.1 Å². The van der Waals surface area contributed by atoms with Gasteiger partial charge in [-0.15, -0.1) is 0 Å². The second-order valence-corrected chi connectivity index (χ2v) is 5.48. The minimum Gasteiger partial charge on any atom is -0.166 e. The first-order chi connectivity index (χ1) is 8.21. The van der Waals surface area contributed by atoms with Crippen LogP contribution in [0.1, 0.15) is 51.2 Å². The predicted octanol–water partition coefficient (Wildman–Crippen LogP) is 5.49. The molecule has 3 heteroatoms. The number of alkyl halides is 3. The van der Waals surface area contributed by atoms with Crippen molar-refractivity contribution >= 4 is 0 Å². The highest BCUT2D eigenvalue weighted by atomic mass is 19.4. The monoisotopic (exact) mass is 258 g/mol. The normalized spacial score (nSPS) is 15.8. The Morgan fingerprint density at radius 3 is 2.17 bits per heavy atom. The molecule has 0 saturated heterocycles. The third kappa shape index (κ3) is 4.04. The van der Waals surface area contributed by atoms with E-state index in [4.69, 9.17) is 0 Å². The standard InChI is InChI=1S/C15H21F3/c1-10(2)11(3)8-12(4)13-6-5-7-14(9-13)15(16,17)18/h5-7,9-12H,8H2,1-4H3/t11?,12-/m0/s1. The van der Waals surface area contributed by atoms with Gasteiger partial charge in [0.1, 0.15) is 0 Å². The van der Waals surface area contributed by atoms with Crippen molar-refractivity contribution in [3.05, 3.63) is 35.4 Å². The van der Waals surface area contributed by atoms with Gasteiger partial charge in [0.2, 0.25) is 0 Å². The Kier molecular flexibility index (Phi) is 4.83. The Morgan fingerprint density at radius 2 is 1.67 bits per heavy atom. The smallest absolute Gasteiger partial charge is 0.166 e. The molecule has 102 valence electrons. The summed E-state index contributed by atoms with van der Waals surface area (Å²) in [7, 11) is 0. The van der Waals surface area contributed by atoms with E-state index in [0.29, 0.717) is 11.8 Å². The maximum atomic E-state index is 12.6. The van der Waals surface area contributed by atoms with E-state index in [1.54, 1.807) is 6.07 Å². The molecule has 1 unspecified atom stereocenters. The summed E-state index contributed by atoms with van der Waals surface area (Å²) in [6.07, 6.45) is -3.33. The van der Waals surface area contributed by atoms with E-state index in [-0.39, 0.29) is 5.92 Å². The zero-order chi connectivity index (χ0) is 13.9. The summed E-state index contributed by atoms with van der Waals surface area (Å²) in [5.41, 5.74) is 0.223. The zero-order valence-electron chi connectivity index (χ0n) is 11.4. The van der Waals surface area contributed by atoms with E-state index in [1.807, 2.05) is 6.92 Å². The zero-order valence-corrected chi connectivity index (χ0v) is 11.4. The van der Waals surface area contributed by atoms with Gasteiger partial charge in [0, 0.05) is 0 Å². The first-order valence-electron chi connectivity index (χ1n) is 6.39. The van der Waals surface area contributed by atoms with Crippen molar-refractivity contribution < 1.29 is 13.2 Å². The molecule has 0 bridgehead atoms. The van der Waals surface area contributed by atoms with Crippen LogP contribution in [0.25, 0.3) is 0 Å². The van der Waals surface area contributed by atoms with Crippen molar-refractivity contribution in [2.24, 2.45) is 11.8 Å². The van der Waals surface area contributed by atoms with Crippen molar-refractivity contribution in [3.63, 3.8) is 0 Å². The summed E-state index contributed by atoms with van der Waals surface area (Å²) < 4.78 is 37.9. The van der Waals surface area contributed by atoms with Gasteiger partial charge >= 0.3 is 6.18 Å². The van der Waals surface area contributed by atoms with Crippen molar-refractivity contribution in [3.8, 4) is 0 Å². The molecule has 0 fully saturated rings. The molecule has 0 aromatic heterocycles. The fourth-order valence-electron chi connectivity index (χ4n) is 1.99. The van der Waals surface area contributed by atoms with Crippen molar-refractivity contribution in [1.29, 1.82) is 0 Å². The average Bonchev–Trinajstić information content (AvgIpc) is 2.27. The first-order valence-corrected chi connectivity index (χ1v) is 6.39. The molecule has 2 atom stereocenters. The van der Waals surface area contributed by atoms with E-state index in [0.717, 1.165) is 18.1 Å². The highest BCUT2D eigenvalue weighted by Gasteiger charge is 2.30. The largest absolute Gasteiger partial charge is 0.416 e. The lowest BCUT2D eigenvalue weighted by atomic mass is 9.85. The number of hydrogen-bond acceptors (Lipinski definition) is 0. The first kappa shape index (κ1) is 15.1. The Morgan fingerprint density at radius 1 is 1.06 bits per heavy atom. The Bertz CT molecular complexity index is 380. The van der Waals surface area contributed by atoms with E-state index in [9.17, 15) is 13.2 Å². The van der Waals surface area contributed by atoms with Gasteiger partial charge < -0.3 is 0 Å². The van der Waals surface area contributed by atoms with Crippen molar-refractivity contribution in [1.82, 2.24) is 0 Å². The third-order valence-corrected chi connectivity index (χ3v) is 3.65. The van der Waals surface area contributed by atoms with Crippen molar-refractivity contribution in [2.75, 3.05) is 0 Å². The Balaban J connectivity index is 2.84. The lowest BCUT2D eigenvalue weighted by Crippen LogP contribution is -2.10. The van der Waals surface area contributed by atoms with Crippen molar-refractivity contribution in [2.45, 2.75) is 46.2 Å². The predicted molar refractivity (Wildman–Crippen MR) is 68.5 cm³/mol. The van der Waals surface area contributed by atoms with Crippen LogP contribution in [0.5, 0.6) is 0 Å². The summed E-state index contributed by atoms with van der Waals surface area (Å²) in [5.74, 6) is 1.22. The van der Waals surface area contributed by atoms with Crippen LogP contribution in [0.3, 0.4) is 0 Å². The van der Waals surface area contributed by atoms with E-state index < -0.39 is 11.7 Å². The minimum atomic E-state index is -4.25. The molecule has 0 aliphatic carbocycles. The fraction of sp³-hybridized carbons (Fsp3) is 0.600. The van der Waals surface area contributed by atoms with Gasteiger partial charge in [-0.1, -0.05) is 45.9 Å². The quantitative estimate of drug-likeness (QED) is 0.669. The fourth-order valence-corrected chi connectivity index (χ4v) is 1.99. The second kappa shape index (κ2) is 5.77. The number of hydrogen-bond donors (Lipinski definition) is 0. The van der Waals surface area contributed by atoms with Crippen LogP contribution in [0.15, 0.2) is 24.3 Å². The maximum Gasteiger partial charge on any atom is 0.416 e. The molecule has 0 amide bonds. The van der Waals surface area contributed by atoms with Gasteiger partial charge in [-0.25, -0.2) is 0 Å². The Hall–Kier alpha value is -0.990. The molecule has 1 aromatic carbocycles. The SMILES string of the molecule is CC(C)C(C)C[C@H](C)c1cccc(C(F)(F)F)c1. The molecule has 1 rings (SSSR count). The van der Waals surface area contributed by atoms with Crippen LogP contribution in [0, 0.1) is 11.8 Å². The molecule has 0 radical (unpaired) electrons. The van der Waals surface area contributed by atoms with Crippen LogP contribution < -0.4 is 0 Å². The van der Waals surface area contributed by atoms with Gasteiger partial charge in [-0.2, -0.15) is 13.2 Å². The molecular weight excluding hydrogens is 237 g/mol. The molecule has 0 spiro atoms. The third-order valence-electron chi connectivity index (χ3n) is 3.65. The van der Waals surface area contributed by atoms with Gasteiger partial charge in [0.15, 0.2) is 0 Å². The topological polar surface area (TPSA) is 0 Å². The molecule has 0 nitrogen and oxygen atoms in total. The summed E-state index contributed by atoms with van der Waals surface area (Å²) in [6, 6.07) is 5.68. The highest BCUT2D eigenvalue weighted by molar-refractivity contribution is 5.28. The lowest BCUT2D eigenvalue weighted by molar-refractivity contribution is -0.137. The summed E-state index contributed by atoms with van der Waals surface area (Å²) in [4.78, 5) is 0. The van der Waals surface area contributed by atoms with Crippen LogP contribution in [-0.4, -0.2) is 0 Å². The summed E-state index contributed by atoms with van der Waals surface area (Å²) >= 11 is 0. The molecule has 0 saturated carbocycles.